The summed E-state index contributed by atoms with van der Waals surface area (Å²) in [6.07, 6.45) is 22.1. The summed E-state index contributed by atoms with van der Waals surface area (Å²) >= 11 is 5.51. The lowest BCUT2D eigenvalue weighted by Gasteiger charge is -2.20. The molecule has 15 N–H and O–H groups in total. The van der Waals surface area contributed by atoms with Crippen LogP contribution in [0, 0.1) is 0 Å². The maximum Gasteiger partial charge on any atom is 0.478 e. The van der Waals surface area contributed by atoms with Gasteiger partial charge in [0.1, 0.15) is 59.4 Å². The van der Waals surface area contributed by atoms with Crippen molar-refractivity contribution in [1.82, 2.24) is 31.9 Å². The lowest BCUT2D eigenvalue weighted by molar-refractivity contribution is -0.121. The van der Waals surface area contributed by atoms with Crippen LogP contribution in [-0.2, 0) is 114 Å². The van der Waals surface area contributed by atoms with Gasteiger partial charge in [0.15, 0.2) is 17.1 Å². The van der Waals surface area contributed by atoms with Gasteiger partial charge in [0.25, 0.3) is 17.7 Å². The highest BCUT2D eigenvalue weighted by Gasteiger charge is 2.40. The molecule has 0 unspecified atom stereocenters. The number of hydrogen-bond acceptors (Lipinski definition) is 36. The largest absolute Gasteiger partial charge is 0.508 e. The van der Waals surface area contributed by atoms with Crippen LogP contribution in [-0.4, -0.2) is 261 Å². The van der Waals surface area contributed by atoms with Crippen LogP contribution in [0.5, 0.6) is 11.5 Å². The van der Waals surface area contributed by atoms with Gasteiger partial charge in [0, 0.05) is 49.0 Å². The van der Waals surface area contributed by atoms with E-state index in [9.17, 15) is 97.9 Å². The molecule has 0 radical (unpaired) electrons. The molecule has 6 aliphatic heterocycles. The first kappa shape index (κ1) is 115. The highest BCUT2D eigenvalue weighted by atomic mass is 32.1. The number of Topliss-reactive ketones (excluding diaryl/α,β-unsaturated/α-hetero) is 6. The zero-order valence-electron chi connectivity index (χ0n) is 78.6. The van der Waals surface area contributed by atoms with E-state index in [0.717, 1.165) is 4.88 Å². The molecule has 6 amide bonds. The third-order valence-electron chi connectivity index (χ3n) is 20.4. The summed E-state index contributed by atoms with van der Waals surface area (Å²) in [6, 6.07) is 27.4. The molecule has 48 heteroatoms. The molecule has 10 heterocycles. The van der Waals surface area contributed by atoms with Gasteiger partial charge in [-0.15, -0.1) is 45.3 Å². The van der Waals surface area contributed by atoms with Crippen LogP contribution in [0.3, 0.4) is 0 Å². The molecule has 2 aromatic carbocycles. The number of phenolic OH excluding ortho intramolecular Hbond substituents is 2. The van der Waals surface area contributed by atoms with Gasteiger partial charge < -0.3 is 115 Å². The van der Waals surface area contributed by atoms with Crippen molar-refractivity contribution in [2.45, 2.75) is 224 Å². The molecule has 4 aromatic heterocycles. The number of nitrogens with one attached hydrogen (secondary N) is 6. The average molecular weight is 2010 g/mol. The highest BCUT2D eigenvalue weighted by Crippen LogP contribution is 2.24. The van der Waals surface area contributed by atoms with Crippen LogP contribution in [0.15, 0.2) is 207 Å². The Morgan fingerprint density at radius 3 is 0.936 bits per heavy atom. The van der Waals surface area contributed by atoms with Crippen molar-refractivity contribution in [2.24, 2.45) is 15.5 Å². The molecule has 0 saturated carbocycles. The van der Waals surface area contributed by atoms with Crippen LogP contribution in [0.4, 0.5) is 0 Å². The third-order valence-corrected chi connectivity index (χ3v) is 23.9. The molecule has 6 aromatic rings. The Labute approximate surface area is 829 Å². The van der Waals surface area contributed by atoms with Gasteiger partial charge in [0.2, 0.25) is 17.7 Å². The SMILES string of the molecule is CC(=O)C[C@H]1C=CC[C@H](NC(=O)/C(=N\O)c2cccs2)B(O)O1.CC(=O)C[C@H]1C=CC[C@H](NC(=O)Cc2cccc(O)c2)B(O)O1.CC(=O)C[C@H]1C=CC[C@H](NC(=O)Cc2ccccc2O)B(O)O1.CC(=O)C[C@H]1C=CC[C@H](NC(=O)Cc2cccs2)B(O)O1.CCO/N=C(/C(=O)N[C@H]1CC=C[C@H](CC(C)=O)OB1O)c1cccs1.CCO/N=C(\C(=O)N[C@H]1CC=C[C@H](CC(C)=O)OB1O)c1cccs1. The van der Waals surface area contributed by atoms with Gasteiger partial charge >= 0.3 is 42.7 Å². The number of phenols is 2. The Morgan fingerprint density at radius 1 is 0.357 bits per heavy atom. The van der Waals surface area contributed by atoms with Crippen LogP contribution in [0.1, 0.15) is 163 Å². The normalized spacial score (nSPS) is 21.2. The fraction of sp³-hybridized carbons (Fsp3) is 0.402. The first-order chi connectivity index (χ1) is 67.0. The number of benzene rings is 2. The molecule has 0 bridgehead atoms. The minimum atomic E-state index is -1.26. The molecule has 0 saturated heterocycles. The summed E-state index contributed by atoms with van der Waals surface area (Å²) in [7, 11) is -7.19. The van der Waals surface area contributed by atoms with Gasteiger partial charge in [-0.25, -0.2) is 0 Å². The van der Waals surface area contributed by atoms with E-state index in [-0.39, 0.29) is 132 Å². The Hall–Kier alpha value is -11.6. The van der Waals surface area contributed by atoms with Gasteiger partial charge in [0.05, 0.1) is 106 Å². The number of carbonyl (C=O) groups is 12. The summed E-state index contributed by atoms with van der Waals surface area (Å²) in [6.45, 7) is 13.0. The lowest BCUT2D eigenvalue weighted by atomic mass is 9.77. The molecule has 0 fully saturated rings. The van der Waals surface area contributed by atoms with E-state index >= 15 is 0 Å². The van der Waals surface area contributed by atoms with Crippen LogP contribution >= 0.6 is 45.3 Å². The summed E-state index contributed by atoms with van der Waals surface area (Å²) in [5, 5.41) is 123. The summed E-state index contributed by atoms with van der Waals surface area (Å²) < 4.78 is 32.5. The number of carbonyl (C=O) groups excluding carboxylic acids is 12. The van der Waals surface area contributed by atoms with Crippen molar-refractivity contribution in [3.05, 3.63) is 222 Å². The Kier molecular flexibility index (Phi) is 51.0. The number of amides is 6. The summed E-state index contributed by atoms with van der Waals surface area (Å²) in [4.78, 5) is 153. The second kappa shape index (κ2) is 61.9. The molecule has 746 valence electrons. The minimum absolute atomic E-state index is 0.00275. The summed E-state index contributed by atoms with van der Waals surface area (Å²) in [5.74, 6) is -5.96. The van der Waals surface area contributed by atoms with Gasteiger partial charge in [-0.2, -0.15) is 0 Å². The molecular formula is C92H117B6N9O29S4. The van der Waals surface area contributed by atoms with E-state index in [2.05, 4.69) is 47.4 Å². The van der Waals surface area contributed by atoms with E-state index in [1.165, 1.54) is 105 Å². The molecule has 6 aliphatic rings. The molecular weight excluding hydrogens is 1890 g/mol. The maximum absolute atomic E-state index is 12.6. The lowest BCUT2D eigenvalue weighted by Crippen LogP contribution is -2.50. The topological polar surface area (TPSA) is 570 Å². The number of aromatic hydroxyl groups is 2. The second-order valence-corrected chi connectivity index (χ2v) is 36.5. The molecule has 0 aliphatic carbocycles. The minimum Gasteiger partial charge on any atom is -0.508 e. The van der Waals surface area contributed by atoms with Crippen molar-refractivity contribution in [3.63, 3.8) is 0 Å². The monoisotopic (exact) mass is 2010 g/mol. The molecule has 12 atom stereocenters. The zero-order chi connectivity index (χ0) is 102. The molecule has 0 spiro atoms. The Bertz CT molecular complexity index is 5170. The average Bonchev–Trinajstić information content (AvgIpc) is 1.71. The maximum atomic E-state index is 12.6. The number of para-hydroxylation sites is 1. The fourth-order valence-electron chi connectivity index (χ4n) is 13.9. The van der Waals surface area contributed by atoms with Crippen molar-refractivity contribution < 1.29 is 141 Å². The predicted molar refractivity (Wildman–Crippen MR) is 532 cm³/mol. The van der Waals surface area contributed by atoms with Gasteiger partial charge in [-0.1, -0.05) is 143 Å². The van der Waals surface area contributed by atoms with Gasteiger partial charge in [-0.05, 0) is 163 Å². The smallest absolute Gasteiger partial charge is 0.478 e. The zero-order valence-corrected chi connectivity index (χ0v) is 81.8. The highest BCUT2D eigenvalue weighted by molar-refractivity contribution is 7.14. The van der Waals surface area contributed by atoms with Crippen molar-refractivity contribution in [3.8, 4) is 11.5 Å². The Morgan fingerprint density at radius 2 is 0.650 bits per heavy atom. The number of oxime groups is 3. The van der Waals surface area contributed by atoms with Crippen molar-refractivity contribution in [2.75, 3.05) is 13.2 Å². The van der Waals surface area contributed by atoms with Crippen molar-refractivity contribution >= 4 is 175 Å². The van der Waals surface area contributed by atoms with Crippen LogP contribution < -0.4 is 31.9 Å². The number of nitrogens with zero attached hydrogens (tertiary/aromatic N) is 3. The van der Waals surface area contributed by atoms with E-state index < -0.39 is 133 Å². The number of ketones is 6. The molecule has 38 nitrogen and oxygen atoms in total. The fourth-order valence-corrected chi connectivity index (χ4v) is 16.7. The van der Waals surface area contributed by atoms with Gasteiger partial charge in [-0.3, -0.25) is 57.5 Å². The number of hydrogen-bond donors (Lipinski definition) is 15. The first-order valence-corrected chi connectivity index (χ1v) is 48.6. The van der Waals surface area contributed by atoms with E-state index in [1.807, 2.05) is 46.5 Å². The van der Waals surface area contributed by atoms with E-state index in [4.69, 9.17) is 42.8 Å². The standard InChI is InChI=1S/2C16H21BN2O5S.2C16H20BNO5.C14H17BN2O5S.C14H18BNO4S/c2*1-3-23-19-15(13-7-5-9-25-13)16(21)18-14-8-4-6-12(10-11(2)20)24-17(14)22;1-11(19)8-14-6-3-7-15(17(22)23-14)18-16(21)10-12-4-2-5-13(20)9-12;1-11(19)9-13-6-4-8-15(17(22)23-13)18-16(21)10-12-5-2-3-7-14(12)20;1-9(18)8-10-4-2-6-12(15(20)22-10)16-14(19)13(17-21)11-5-3-7-23-11;1-10(17)8-11-4-2-6-13(15(19)20-11)16-14(18)9-12-5-3-7-21-12/h2*4-7,9,12,14,22H,3,8,10H2,1-2H3,(H,18,21);2-6,9,14-15,20,22H,7-8,10H2,1H3,(H,18,21);2-7,13,15,20,22H,8-10H2,1H3,(H,18,21);2-5,7,10,12,20-21H,6,8H2,1H3,(H,16,19);2-5,7,11,13,19H,6,8-9H2,1H3,(H,16,18)/b19-15+;19-15-;;;17-13-;/t2*12-,14+;14-,15+;13-,15+;10-,12+;11-,13+/m111111/s1. The third kappa shape index (κ3) is 42.9. The van der Waals surface area contributed by atoms with Crippen molar-refractivity contribution in [1.29, 1.82) is 0 Å². The van der Waals surface area contributed by atoms with Crippen LogP contribution in [0.25, 0.3) is 0 Å². The summed E-state index contributed by atoms with van der Waals surface area (Å²) in [5.41, 5.74) is 1.37. The van der Waals surface area contributed by atoms with Crippen LogP contribution in [0.2, 0.25) is 0 Å². The molecule has 12 rings (SSSR count). The second-order valence-electron chi connectivity index (χ2n) is 32.6. The number of rotatable bonds is 34. The quantitative estimate of drug-likeness (QED) is 0.00720. The van der Waals surface area contributed by atoms with E-state index in [1.54, 1.807) is 141 Å². The number of thiophene rings is 4. The Balaban J connectivity index is 0.000000229. The first-order valence-electron chi connectivity index (χ1n) is 45.1. The predicted octanol–water partition coefficient (Wildman–Crippen LogP) is 6.04. The van der Waals surface area contributed by atoms with E-state index in [0.29, 0.717) is 83.9 Å². The molecule has 140 heavy (non-hydrogen) atoms.